The molecule has 3 rings (SSSR count). The molecule has 0 amide bonds. The van der Waals surface area contributed by atoms with E-state index in [-0.39, 0.29) is 22.9 Å². The largest absolute Gasteiger partial charge is 0.458 e. The van der Waals surface area contributed by atoms with Crippen molar-refractivity contribution in [2.75, 3.05) is 0 Å². The van der Waals surface area contributed by atoms with Gasteiger partial charge in [0.2, 0.25) is 0 Å². The van der Waals surface area contributed by atoms with Crippen molar-refractivity contribution in [3.63, 3.8) is 0 Å². The molecule has 2 bridgehead atoms. The number of carbonyl (C=O) groups is 1. The molecule has 1 heterocycles. The van der Waals surface area contributed by atoms with Crippen molar-refractivity contribution in [3.8, 4) is 0 Å². The molecule has 2 saturated carbocycles. The first-order chi connectivity index (χ1) is 8.84. The van der Waals surface area contributed by atoms with Crippen molar-refractivity contribution >= 4 is 29.9 Å². The molecule has 1 aromatic heterocycles. The van der Waals surface area contributed by atoms with Crippen molar-refractivity contribution in [1.82, 2.24) is 0 Å². The first-order valence-electron chi connectivity index (χ1n) is 6.83. The van der Waals surface area contributed by atoms with Gasteiger partial charge in [-0.3, -0.25) is 0 Å². The SMILES string of the molecule is CC1(C)C2CCC1(C)C(OC(=O)c1cc(S)cs1)C2. The van der Waals surface area contributed by atoms with Crippen LogP contribution in [0.25, 0.3) is 0 Å². The topological polar surface area (TPSA) is 26.3 Å². The second kappa shape index (κ2) is 4.26. The maximum Gasteiger partial charge on any atom is 0.348 e. The highest BCUT2D eigenvalue weighted by molar-refractivity contribution is 7.80. The maximum absolute atomic E-state index is 12.2. The average Bonchev–Trinajstić information content (AvgIpc) is 2.91. The molecule has 2 fully saturated rings. The molecule has 0 spiro atoms. The molecule has 3 unspecified atom stereocenters. The summed E-state index contributed by atoms with van der Waals surface area (Å²) in [6, 6.07) is 1.79. The van der Waals surface area contributed by atoms with Crippen LogP contribution in [0.4, 0.5) is 0 Å². The van der Waals surface area contributed by atoms with E-state index in [0.29, 0.717) is 10.8 Å². The Labute approximate surface area is 124 Å². The lowest BCUT2D eigenvalue weighted by Crippen LogP contribution is -2.38. The number of esters is 1. The van der Waals surface area contributed by atoms with Crippen LogP contribution in [0.5, 0.6) is 0 Å². The summed E-state index contributed by atoms with van der Waals surface area (Å²) < 4.78 is 5.82. The van der Waals surface area contributed by atoms with Gasteiger partial charge < -0.3 is 4.74 Å². The molecule has 0 aliphatic heterocycles. The quantitative estimate of drug-likeness (QED) is 0.646. The van der Waals surface area contributed by atoms with E-state index in [1.54, 1.807) is 6.07 Å². The zero-order valence-electron chi connectivity index (χ0n) is 11.6. The molecule has 2 nitrogen and oxygen atoms in total. The summed E-state index contributed by atoms with van der Waals surface area (Å²) in [5, 5.41) is 1.87. The van der Waals surface area contributed by atoms with Gasteiger partial charge in [0.25, 0.3) is 0 Å². The summed E-state index contributed by atoms with van der Waals surface area (Å²) in [6.07, 6.45) is 3.54. The van der Waals surface area contributed by atoms with Crippen LogP contribution < -0.4 is 0 Å². The third kappa shape index (κ3) is 1.87. The van der Waals surface area contributed by atoms with Crippen LogP contribution in [0.2, 0.25) is 0 Å². The highest BCUT2D eigenvalue weighted by atomic mass is 32.1. The molecule has 4 heteroatoms. The number of hydrogen-bond acceptors (Lipinski definition) is 4. The lowest BCUT2D eigenvalue weighted by molar-refractivity contribution is -0.0238. The van der Waals surface area contributed by atoms with Crippen LogP contribution >= 0.6 is 24.0 Å². The second-order valence-electron chi connectivity index (χ2n) is 6.67. The Bertz CT molecular complexity index is 520. The van der Waals surface area contributed by atoms with Crippen molar-refractivity contribution in [2.45, 2.75) is 51.0 Å². The highest BCUT2D eigenvalue weighted by Crippen LogP contribution is 2.66. The van der Waals surface area contributed by atoms with Gasteiger partial charge in [-0.15, -0.1) is 24.0 Å². The first kappa shape index (κ1) is 13.5. The van der Waals surface area contributed by atoms with Gasteiger partial charge in [-0.25, -0.2) is 4.79 Å². The summed E-state index contributed by atoms with van der Waals surface area (Å²) in [6.45, 7) is 6.95. The number of fused-ring (bicyclic) bond motifs is 2. The number of carbonyl (C=O) groups excluding carboxylic acids is 1. The molecular formula is C15H20O2S2. The van der Waals surface area contributed by atoms with Gasteiger partial charge in [0, 0.05) is 15.7 Å². The minimum Gasteiger partial charge on any atom is -0.458 e. The van der Waals surface area contributed by atoms with Crippen molar-refractivity contribution < 1.29 is 9.53 Å². The van der Waals surface area contributed by atoms with Crippen molar-refractivity contribution in [2.24, 2.45) is 16.7 Å². The van der Waals surface area contributed by atoms with E-state index >= 15 is 0 Å². The molecule has 0 N–H and O–H groups in total. The van der Waals surface area contributed by atoms with Crippen LogP contribution in [0.1, 0.15) is 49.7 Å². The number of thiol groups is 1. The number of ether oxygens (including phenoxy) is 1. The minimum absolute atomic E-state index is 0.0687. The second-order valence-corrected chi connectivity index (χ2v) is 8.10. The summed E-state index contributed by atoms with van der Waals surface area (Å²) in [7, 11) is 0. The predicted octanol–water partition coefficient (Wildman–Crippen LogP) is 4.41. The Hall–Kier alpha value is -0.480. The third-order valence-electron chi connectivity index (χ3n) is 5.75. The van der Waals surface area contributed by atoms with E-state index in [2.05, 4.69) is 33.4 Å². The molecular weight excluding hydrogens is 276 g/mol. The summed E-state index contributed by atoms with van der Waals surface area (Å²) in [4.78, 5) is 13.7. The predicted molar refractivity (Wildman–Crippen MR) is 80.0 cm³/mol. The van der Waals surface area contributed by atoms with E-state index in [9.17, 15) is 4.79 Å². The van der Waals surface area contributed by atoms with Gasteiger partial charge in [0.05, 0.1) is 0 Å². The monoisotopic (exact) mass is 296 g/mol. The van der Waals surface area contributed by atoms with Crippen LogP contribution in [0.3, 0.4) is 0 Å². The lowest BCUT2D eigenvalue weighted by Gasteiger charge is -2.38. The minimum atomic E-state index is -0.181. The van der Waals surface area contributed by atoms with E-state index in [1.807, 2.05) is 5.38 Å². The van der Waals surface area contributed by atoms with Gasteiger partial charge in [-0.05, 0) is 36.7 Å². The van der Waals surface area contributed by atoms with Gasteiger partial charge in [-0.2, -0.15) is 0 Å². The Kier molecular flexibility index (Phi) is 3.02. The fourth-order valence-electron chi connectivity index (χ4n) is 3.93. The molecule has 104 valence electrons. The number of hydrogen-bond donors (Lipinski definition) is 1. The Morgan fingerprint density at radius 2 is 2.21 bits per heavy atom. The van der Waals surface area contributed by atoms with E-state index in [0.717, 1.165) is 11.3 Å². The number of thiophene rings is 1. The summed E-state index contributed by atoms with van der Waals surface area (Å²) in [5.41, 5.74) is 0.413. The third-order valence-corrected chi connectivity index (χ3v) is 7.09. The molecule has 0 aromatic carbocycles. The van der Waals surface area contributed by atoms with Crippen molar-refractivity contribution in [3.05, 3.63) is 16.3 Å². The first-order valence-corrected chi connectivity index (χ1v) is 8.16. The summed E-state index contributed by atoms with van der Waals surface area (Å²) >= 11 is 5.65. The smallest absolute Gasteiger partial charge is 0.348 e. The van der Waals surface area contributed by atoms with Gasteiger partial charge >= 0.3 is 5.97 Å². The van der Waals surface area contributed by atoms with E-state index < -0.39 is 0 Å². The Morgan fingerprint density at radius 1 is 1.47 bits per heavy atom. The Morgan fingerprint density at radius 3 is 2.68 bits per heavy atom. The zero-order valence-corrected chi connectivity index (χ0v) is 13.3. The van der Waals surface area contributed by atoms with Gasteiger partial charge in [-0.1, -0.05) is 20.8 Å². The molecule has 19 heavy (non-hydrogen) atoms. The lowest BCUT2D eigenvalue weighted by atomic mass is 9.70. The normalized spacial score (nSPS) is 35.6. The molecule has 1 aromatic rings. The molecule has 2 aliphatic rings. The maximum atomic E-state index is 12.2. The van der Waals surface area contributed by atoms with Crippen LogP contribution in [0.15, 0.2) is 16.3 Å². The summed E-state index contributed by atoms with van der Waals surface area (Å²) in [5.74, 6) is 0.513. The highest BCUT2D eigenvalue weighted by Gasteiger charge is 2.62. The molecule has 0 saturated heterocycles. The van der Waals surface area contributed by atoms with Crippen LogP contribution in [-0.2, 0) is 4.74 Å². The molecule has 0 radical (unpaired) electrons. The zero-order chi connectivity index (χ0) is 13.8. The van der Waals surface area contributed by atoms with E-state index in [1.165, 1.54) is 24.2 Å². The standard InChI is InChI=1S/C15H20O2S2/c1-14(2)9-4-5-15(14,3)12(6-9)17-13(16)11-7-10(18)8-19-11/h7-9,12,18H,4-6H2,1-3H3. The van der Waals surface area contributed by atoms with Gasteiger partial charge in [0.15, 0.2) is 0 Å². The van der Waals surface area contributed by atoms with Gasteiger partial charge in [0.1, 0.15) is 11.0 Å². The Balaban J connectivity index is 1.77. The van der Waals surface area contributed by atoms with Crippen LogP contribution in [0, 0.1) is 16.7 Å². The molecule has 3 atom stereocenters. The van der Waals surface area contributed by atoms with Crippen LogP contribution in [-0.4, -0.2) is 12.1 Å². The molecule has 2 aliphatic carbocycles. The fraction of sp³-hybridized carbons (Fsp3) is 0.667. The number of rotatable bonds is 2. The fourth-order valence-corrected chi connectivity index (χ4v) is 4.96. The van der Waals surface area contributed by atoms with Crippen molar-refractivity contribution in [1.29, 1.82) is 0 Å². The average molecular weight is 296 g/mol. The van der Waals surface area contributed by atoms with E-state index in [4.69, 9.17) is 4.74 Å².